The van der Waals surface area contributed by atoms with Crippen molar-refractivity contribution in [3.8, 4) is 0 Å². The molecule has 0 amide bonds. The molecule has 0 unspecified atom stereocenters. The number of carbonyl (C=O) groups excluding carboxylic acids is 2. The lowest BCUT2D eigenvalue weighted by atomic mass is 9.44. The lowest BCUT2D eigenvalue weighted by Crippen LogP contribution is -2.58. The van der Waals surface area contributed by atoms with Crippen molar-refractivity contribution in [2.75, 3.05) is 0 Å². The summed E-state index contributed by atoms with van der Waals surface area (Å²) in [6.45, 7) is 15.7. The summed E-state index contributed by atoms with van der Waals surface area (Å²) in [7, 11) is 0. The van der Waals surface area contributed by atoms with Crippen LogP contribution in [-0.4, -0.2) is 17.9 Å². The summed E-state index contributed by atoms with van der Waals surface area (Å²) in [6.07, 6.45) is 13.6. The molecule has 0 aromatic heterocycles. The molecule has 10 atom stereocenters. The van der Waals surface area contributed by atoms with E-state index in [1.807, 2.05) is 0 Å². The van der Waals surface area contributed by atoms with Crippen LogP contribution in [-0.2, 0) is 14.3 Å². The third-order valence-corrected chi connectivity index (χ3v) is 11.1. The molecule has 4 aliphatic rings. The molecule has 0 radical (unpaired) electrons. The van der Waals surface area contributed by atoms with Gasteiger partial charge in [-0.15, -0.1) is 0 Å². The number of allylic oxidation sites excluding steroid dienone is 2. The molecule has 0 heterocycles. The number of ketones is 1. The van der Waals surface area contributed by atoms with Gasteiger partial charge in [0.25, 0.3) is 0 Å². The van der Waals surface area contributed by atoms with Gasteiger partial charge in [0, 0.05) is 19.3 Å². The Bertz CT molecular complexity index is 783. The number of ether oxygens (including phenoxy) is 1. The molecule has 0 aromatic rings. The Kier molecular flexibility index (Phi) is 6.93. The maximum atomic E-state index is 13.9. The van der Waals surface area contributed by atoms with E-state index in [0.717, 1.165) is 25.7 Å². The van der Waals surface area contributed by atoms with Gasteiger partial charge >= 0.3 is 5.97 Å². The molecule has 0 saturated heterocycles. The van der Waals surface area contributed by atoms with E-state index in [-0.39, 0.29) is 28.8 Å². The summed E-state index contributed by atoms with van der Waals surface area (Å²) in [4.78, 5) is 25.4. The van der Waals surface area contributed by atoms with Gasteiger partial charge in [0.05, 0.1) is 0 Å². The largest absolute Gasteiger partial charge is 0.463 e. The molecular formula is C30H48O3. The number of fused-ring (bicyclic) bond motifs is 5. The number of hydrogen-bond acceptors (Lipinski definition) is 3. The lowest BCUT2D eigenvalue weighted by Gasteiger charge is -2.60. The summed E-state index contributed by atoms with van der Waals surface area (Å²) in [5, 5.41) is 0. The van der Waals surface area contributed by atoms with Crippen molar-refractivity contribution in [1.29, 1.82) is 0 Å². The average molecular weight is 457 g/mol. The van der Waals surface area contributed by atoms with Crippen molar-refractivity contribution in [2.24, 2.45) is 58.2 Å². The topological polar surface area (TPSA) is 43.4 Å². The van der Waals surface area contributed by atoms with E-state index in [1.54, 1.807) is 0 Å². The van der Waals surface area contributed by atoms with E-state index in [9.17, 15) is 9.59 Å². The third-order valence-electron chi connectivity index (χ3n) is 11.1. The summed E-state index contributed by atoms with van der Waals surface area (Å²) in [6, 6.07) is 0. The Balaban J connectivity index is 1.52. The van der Waals surface area contributed by atoms with Crippen LogP contribution >= 0.6 is 0 Å². The molecule has 4 rings (SSSR count). The van der Waals surface area contributed by atoms with Crippen LogP contribution < -0.4 is 0 Å². The highest BCUT2D eigenvalue weighted by atomic mass is 16.5. The van der Waals surface area contributed by atoms with Crippen molar-refractivity contribution < 1.29 is 14.3 Å². The van der Waals surface area contributed by atoms with Crippen LogP contribution in [0, 0.1) is 58.2 Å². The van der Waals surface area contributed by atoms with Crippen molar-refractivity contribution in [2.45, 2.75) is 106 Å². The quantitative estimate of drug-likeness (QED) is 0.323. The molecule has 0 bridgehead atoms. The third kappa shape index (κ3) is 4.36. The average Bonchev–Trinajstić information content (AvgIpc) is 3.07. The van der Waals surface area contributed by atoms with Gasteiger partial charge in [0.15, 0.2) is 0 Å². The van der Waals surface area contributed by atoms with E-state index in [4.69, 9.17) is 4.74 Å². The predicted molar refractivity (Wildman–Crippen MR) is 133 cm³/mol. The van der Waals surface area contributed by atoms with Crippen molar-refractivity contribution >= 4 is 11.8 Å². The standard InChI is InChI=1S/C30H48O3/c1-18(2)19(3)8-9-20(4)25-12-13-26-24-11-10-22-16-23(33-21(5)31)14-15-29(22,6)28(24)27(32)17-30(25,26)7/h8-9,18-20,22-26,28H,10-17H2,1-7H3/b9-8+/t19-,20+,22-,23+,24-,25-,26+,28-,29-,30-/m0/s1. The summed E-state index contributed by atoms with van der Waals surface area (Å²) < 4.78 is 5.60. The molecule has 0 spiro atoms. The first-order valence-corrected chi connectivity index (χ1v) is 13.9. The molecule has 0 aromatic carbocycles. The molecule has 3 nitrogen and oxygen atoms in total. The minimum Gasteiger partial charge on any atom is -0.463 e. The lowest BCUT2D eigenvalue weighted by molar-refractivity contribution is -0.169. The molecule has 4 saturated carbocycles. The Labute approximate surface area is 202 Å². The van der Waals surface area contributed by atoms with E-state index in [2.05, 4.69) is 53.7 Å². The molecule has 33 heavy (non-hydrogen) atoms. The second-order valence-electron chi connectivity index (χ2n) is 13.2. The second kappa shape index (κ2) is 9.15. The molecule has 4 fully saturated rings. The SMILES string of the molecule is CC(=O)O[C@@H]1CC[C@@]2(C)[C@@H](CC[C@H]3[C@H]4CC[C@@H]([C@H](C)/C=C/[C@H](C)C(C)C)[C@]4(C)CC(=O)[C@H]32)C1. The normalized spacial score (nSPS) is 44.8. The Morgan fingerprint density at radius 2 is 1.73 bits per heavy atom. The number of rotatable bonds is 5. The fraction of sp³-hybridized carbons (Fsp3) is 0.867. The molecule has 4 aliphatic carbocycles. The molecule has 0 N–H and O–H groups in total. The molecular weight excluding hydrogens is 408 g/mol. The number of hydrogen-bond donors (Lipinski definition) is 0. The van der Waals surface area contributed by atoms with Crippen molar-refractivity contribution in [3.05, 3.63) is 12.2 Å². The summed E-state index contributed by atoms with van der Waals surface area (Å²) in [5.74, 6) is 4.80. The molecule has 0 aliphatic heterocycles. The zero-order chi connectivity index (χ0) is 24.1. The van der Waals surface area contributed by atoms with Gasteiger partial charge in [-0.25, -0.2) is 0 Å². The van der Waals surface area contributed by atoms with Crippen LogP contribution in [0.2, 0.25) is 0 Å². The first kappa shape index (κ1) is 25.0. The second-order valence-corrected chi connectivity index (χ2v) is 13.2. The zero-order valence-corrected chi connectivity index (χ0v) is 22.2. The van der Waals surface area contributed by atoms with E-state index < -0.39 is 0 Å². The first-order chi connectivity index (χ1) is 15.5. The Morgan fingerprint density at radius 1 is 1.00 bits per heavy atom. The maximum Gasteiger partial charge on any atom is 0.302 e. The minimum absolute atomic E-state index is 0.0535. The van der Waals surface area contributed by atoms with Crippen LogP contribution in [0.25, 0.3) is 0 Å². The number of esters is 1. The first-order valence-electron chi connectivity index (χ1n) is 13.9. The van der Waals surface area contributed by atoms with Crippen LogP contribution in [0.1, 0.15) is 99.8 Å². The Morgan fingerprint density at radius 3 is 2.39 bits per heavy atom. The highest BCUT2D eigenvalue weighted by Crippen LogP contribution is 2.67. The fourth-order valence-corrected chi connectivity index (χ4v) is 8.98. The van der Waals surface area contributed by atoms with Crippen LogP contribution in [0.5, 0.6) is 0 Å². The van der Waals surface area contributed by atoms with Crippen molar-refractivity contribution in [3.63, 3.8) is 0 Å². The van der Waals surface area contributed by atoms with E-state index in [0.29, 0.717) is 47.2 Å². The summed E-state index contributed by atoms with van der Waals surface area (Å²) >= 11 is 0. The van der Waals surface area contributed by atoms with Crippen LogP contribution in [0.3, 0.4) is 0 Å². The maximum absolute atomic E-state index is 13.9. The monoisotopic (exact) mass is 456 g/mol. The summed E-state index contributed by atoms with van der Waals surface area (Å²) in [5.41, 5.74) is 0.246. The fourth-order valence-electron chi connectivity index (χ4n) is 8.98. The Hall–Kier alpha value is -1.12. The van der Waals surface area contributed by atoms with Gasteiger partial charge < -0.3 is 4.74 Å². The molecule has 186 valence electrons. The number of Topliss-reactive ketones (excluding diaryl/α,β-unsaturated/α-hetero) is 1. The van der Waals surface area contributed by atoms with Gasteiger partial charge in [-0.2, -0.15) is 0 Å². The van der Waals surface area contributed by atoms with Crippen LogP contribution in [0.15, 0.2) is 12.2 Å². The zero-order valence-electron chi connectivity index (χ0n) is 22.2. The highest BCUT2D eigenvalue weighted by Gasteiger charge is 2.63. The van der Waals surface area contributed by atoms with Gasteiger partial charge in [0.1, 0.15) is 11.9 Å². The number of carbonyl (C=O) groups is 2. The highest BCUT2D eigenvalue weighted by molar-refractivity contribution is 5.84. The van der Waals surface area contributed by atoms with Crippen LogP contribution in [0.4, 0.5) is 0 Å². The van der Waals surface area contributed by atoms with E-state index >= 15 is 0 Å². The van der Waals surface area contributed by atoms with Crippen molar-refractivity contribution in [1.82, 2.24) is 0 Å². The minimum atomic E-state index is -0.162. The molecule has 3 heteroatoms. The van der Waals surface area contributed by atoms with Gasteiger partial charge in [-0.05, 0) is 97.2 Å². The van der Waals surface area contributed by atoms with E-state index in [1.165, 1.54) is 32.6 Å². The van der Waals surface area contributed by atoms with Gasteiger partial charge in [0.2, 0.25) is 0 Å². The van der Waals surface area contributed by atoms with Gasteiger partial charge in [-0.3, -0.25) is 9.59 Å². The predicted octanol–water partition coefficient (Wildman–Crippen LogP) is 7.24. The van der Waals surface area contributed by atoms with Gasteiger partial charge in [-0.1, -0.05) is 53.7 Å². The smallest absolute Gasteiger partial charge is 0.302 e.